The van der Waals surface area contributed by atoms with Gasteiger partial charge in [0.1, 0.15) is 12.1 Å². The van der Waals surface area contributed by atoms with E-state index in [1.165, 1.54) is 19.1 Å². The number of nitrogens with zero attached hydrogens (tertiary/aromatic N) is 8. The maximum Gasteiger partial charge on any atom is 0.407 e. The Hall–Kier alpha value is -7.56. The van der Waals surface area contributed by atoms with Crippen LogP contribution in [0.2, 0.25) is 18.1 Å². The average Bonchev–Trinajstić information content (AvgIpc) is 3.98. The van der Waals surface area contributed by atoms with Gasteiger partial charge in [0.25, 0.3) is 0 Å². The zero-order chi connectivity index (χ0) is 49.5. The maximum absolute atomic E-state index is 13.6. The van der Waals surface area contributed by atoms with E-state index in [0.29, 0.717) is 22.3 Å². The van der Waals surface area contributed by atoms with E-state index < -0.39 is 67.5 Å². The van der Waals surface area contributed by atoms with Crippen molar-refractivity contribution in [1.82, 2.24) is 20.4 Å². The molecule has 0 saturated carbocycles. The molecule has 0 radical (unpaired) electrons. The Labute approximate surface area is 382 Å². The predicted octanol–water partition coefficient (Wildman–Crippen LogP) is 12.5. The van der Waals surface area contributed by atoms with Crippen molar-refractivity contribution in [2.45, 2.75) is 89.4 Å². The number of nitrogens with one attached hydrogen (secondary N) is 2. The third-order valence-corrected chi connectivity index (χ3v) is 15.2. The van der Waals surface area contributed by atoms with Crippen molar-refractivity contribution in [3.05, 3.63) is 142 Å². The van der Waals surface area contributed by atoms with Crippen LogP contribution in [0.5, 0.6) is 0 Å². The zero-order valence-corrected chi connectivity index (χ0v) is 37.9. The summed E-state index contributed by atoms with van der Waals surface area (Å²) < 4.78 is 98.4. The number of alkyl halides is 6. The molecule has 0 saturated heterocycles. The summed E-state index contributed by atoms with van der Waals surface area (Å²) in [6.07, 6.45) is -11.0. The first-order valence-electron chi connectivity index (χ1n) is 20.1. The second-order valence-corrected chi connectivity index (χ2v) is 21.3. The van der Waals surface area contributed by atoms with Crippen LogP contribution in [0.3, 0.4) is 0 Å². The van der Waals surface area contributed by atoms with E-state index in [2.05, 4.69) is 74.6 Å². The van der Waals surface area contributed by atoms with Crippen LogP contribution in [0.1, 0.15) is 80.7 Å². The van der Waals surface area contributed by atoms with E-state index in [-0.39, 0.29) is 40.0 Å². The van der Waals surface area contributed by atoms with Gasteiger partial charge in [0.2, 0.25) is 23.6 Å². The Morgan fingerprint density at radius 2 is 1.04 bits per heavy atom. The molecule has 2 heterocycles. The van der Waals surface area contributed by atoms with Gasteiger partial charge in [-0.3, -0.25) is 0 Å². The first-order chi connectivity index (χ1) is 31.4. The van der Waals surface area contributed by atoms with Gasteiger partial charge < -0.3 is 29.0 Å². The molecular formula is C46H42F6N10O4Si. The monoisotopic (exact) mass is 940 g/mol. The summed E-state index contributed by atoms with van der Waals surface area (Å²) in [6.45, 7) is 27.6. The van der Waals surface area contributed by atoms with Crippen molar-refractivity contribution >= 4 is 31.1 Å². The van der Waals surface area contributed by atoms with Gasteiger partial charge >= 0.3 is 12.4 Å². The third-order valence-electron chi connectivity index (χ3n) is 10.7. The molecule has 14 nitrogen and oxygen atoms in total. The topological polar surface area (TPSA) is 188 Å². The van der Waals surface area contributed by atoms with E-state index in [1.54, 1.807) is 48.5 Å². The number of aliphatic hydroxyl groups is 1. The highest BCUT2D eigenvalue weighted by Gasteiger charge is 2.41. The molecule has 6 rings (SSSR count). The SMILES string of the molecule is [C-]#[N+]c1ccc(N[C@@H](c2nnc(-c3ccc(C#N)cc3)o2)C(C)O[Si](C)(C)C(C)(C)C)cc1C(F)(F)F.[C-]#[N+]c1ccc(N[C@@H](c2nnc(-c3ccc(C#N)cc3)o2)[C@@H](C)O)cc1C(F)(F)F. The van der Waals surface area contributed by atoms with Crippen LogP contribution in [0, 0.1) is 35.8 Å². The Kier molecular flexibility index (Phi) is 15.3. The minimum atomic E-state index is -4.70. The number of benzene rings is 4. The van der Waals surface area contributed by atoms with Crippen molar-refractivity contribution in [3.63, 3.8) is 0 Å². The quantitative estimate of drug-likeness (QED) is 0.0599. The number of hydrogen-bond acceptors (Lipinski definition) is 12. The van der Waals surface area contributed by atoms with E-state index >= 15 is 0 Å². The van der Waals surface area contributed by atoms with Crippen LogP contribution < -0.4 is 10.6 Å². The summed E-state index contributed by atoms with van der Waals surface area (Å²) in [5, 5.41) is 49.8. The number of anilines is 2. The minimum Gasteiger partial charge on any atom is -0.418 e. The van der Waals surface area contributed by atoms with Gasteiger partial charge in [-0.25, -0.2) is 9.69 Å². The number of hydrogen-bond donors (Lipinski definition) is 3. The number of nitriles is 2. The van der Waals surface area contributed by atoms with Gasteiger partial charge in [-0.05, 0) is 105 Å². The lowest BCUT2D eigenvalue weighted by Crippen LogP contribution is -2.45. The summed E-state index contributed by atoms with van der Waals surface area (Å²) >= 11 is 0. The fraction of sp³-hybridized carbons (Fsp3) is 0.304. The summed E-state index contributed by atoms with van der Waals surface area (Å²) in [6, 6.07) is 21.8. The number of halogens is 6. The Morgan fingerprint density at radius 1 is 0.657 bits per heavy atom. The van der Waals surface area contributed by atoms with E-state index in [9.17, 15) is 31.4 Å². The Balaban J connectivity index is 0.000000256. The van der Waals surface area contributed by atoms with Crippen LogP contribution in [0.25, 0.3) is 32.6 Å². The summed E-state index contributed by atoms with van der Waals surface area (Å²) in [4.78, 5) is 5.89. The van der Waals surface area contributed by atoms with E-state index in [0.717, 1.165) is 24.3 Å². The molecular weight excluding hydrogens is 899 g/mol. The molecule has 21 heteroatoms. The fourth-order valence-corrected chi connectivity index (χ4v) is 7.49. The molecule has 0 aliphatic carbocycles. The molecule has 346 valence electrons. The zero-order valence-electron chi connectivity index (χ0n) is 36.9. The molecule has 2 aromatic heterocycles. The molecule has 0 amide bonds. The molecule has 3 N–H and O–H groups in total. The van der Waals surface area contributed by atoms with Gasteiger partial charge in [-0.2, -0.15) is 36.9 Å². The van der Waals surface area contributed by atoms with Gasteiger partial charge in [-0.15, -0.1) is 20.4 Å². The molecule has 4 aromatic carbocycles. The molecule has 1 unspecified atom stereocenters. The number of aliphatic hydroxyl groups excluding tert-OH is 1. The Morgan fingerprint density at radius 3 is 1.39 bits per heavy atom. The van der Waals surface area contributed by atoms with Gasteiger partial charge in [0, 0.05) is 22.5 Å². The summed E-state index contributed by atoms with van der Waals surface area (Å²) in [5.41, 5.74) is -0.916. The normalized spacial score (nSPS) is 13.6. The van der Waals surface area contributed by atoms with Gasteiger partial charge in [0.05, 0.1) is 59.7 Å². The number of rotatable bonds is 12. The van der Waals surface area contributed by atoms with Crippen LogP contribution in [0.15, 0.2) is 93.8 Å². The molecule has 0 aliphatic heterocycles. The first kappa shape index (κ1) is 50.4. The van der Waals surface area contributed by atoms with Gasteiger partial charge in [-0.1, -0.05) is 32.9 Å². The fourth-order valence-electron chi connectivity index (χ4n) is 6.07. The molecule has 0 aliphatic rings. The van der Waals surface area contributed by atoms with Crippen molar-refractivity contribution in [2.24, 2.45) is 0 Å². The Bertz CT molecular complexity index is 2850. The second-order valence-electron chi connectivity index (χ2n) is 16.5. The molecule has 0 bridgehead atoms. The molecule has 6 aromatic rings. The van der Waals surface area contributed by atoms with Crippen molar-refractivity contribution in [2.75, 3.05) is 10.6 Å². The summed E-state index contributed by atoms with van der Waals surface area (Å²) in [7, 11) is -2.28. The number of aromatic nitrogens is 4. The first-order valence-corrected chi connectivity index (χ1v) is 23.0. The van der Waals surface area contributed by atoms with Crippen molar-refractivity contribution in [1.29, 1.82) is 10.5 Å². The highest BCUT2D eigenvalue weighted by atomic mass is 28.4. The maximum atomic E-state index is 13.6. The largest absolute Gasteiger partial charge is 0.418 e. The molecule has 67 heavy (non-hydrogen) atoms. The lowest BCUT2D eigenvalue weighted by atomic mass is 10.1. The molecule has 4 atom stereocenters. The minimum absolute atomic E-state index is 0.0266. The van der Waals surface area contributed by atoms with Crippen molar-refractivity contribution in [3.8, 4) is 35.0 Å². The van der Waals surface area contributed by atoms with Crippen molar-refractivity contribution < 1.29 is 44.7 Å². The lowest BCUT2D eigenvalue weighted by Gasteiger charge is -2.40. The predicted molar refractivity (Wildman–Crippen MR) is 236 cm³/mol. The van der Waals surface area contributed by atoms with Crippen LogP contribution in [0.4, 0.5) is 49.1 Å². The molecule has 0 fully saturated rings. The summed E-state index contributed by atoms with van der Waals surface area (Å²) in [5.74, 6) is 0.423. The van der Waals surface area contributed by atoms with Crippen LogP contribution in [-0.4, -0.2) is 46.0 Å². The third kappa shape index (κ3) is 12.4. The highest BCUT2D eigenvalue weighted by molar-refractivity contribution is 6.74. The molecule has 0 spiro atoms. The standard InChI is InChI=1S/C26H28F3N5O2Si.C20H14F3N5O2/c1-16(36-37(6,7)25(2,3)4)22(32-19-12-13-21(31-5)20(14-19)26(27,28)29)24-34-33-23(35-24)18-10-8-17(15-30)9-11-18;1-11(29)17(26-14-7-8-16(25-2)15(9-14)20(21,22)23)19-28-27-18(30-19)13-5-3-12(10-24)4-6-13/h8-14,16,22,32H,1-4,6-7H3;3-9,11,17,26,29H,1H3/t16?,22-;11-,17-/m11/s1. The van der Waals surface area contributed by atoms with E-state index in [1.807, 2.05) is 19.1 Å². The van der Waals surface area contributed by atoms with Gasteiger partial charge in [0.15, 0.2) is 19.7 Å². The van der Waals surface area contributed by atoms with E-state index in [4.69, 9.17) is 36.9 Å². The van der Waals surface area contributed by atoms with Crippen LogP contribution in [-0.2, 0) is 16.8 Å². The lowest BCUT2D eigenvalue weighted by molar-refractivity contribution is -0.137. The van der Waals surface area contributed by atoms with Crippen LogP contribution >= 0.6 is 0 Å². The highest BCUT2D eigenvalue weighted by Crippen LogP contribution is 2.42. The smallest absolute Gasteiger partial charge is 0.407 e. The second kappa shape index (κ2) is 20.3. The average molecular weight is 941 g/mol.